The van der Waals surface area contributed by atoms with Crippen molar-refractivity contribution in [3.05, 3.63) is 80.7 Å². The molecule has 8 heteroatoms. The largest absolute Gasteiger partial charge is 0.450 e. The lowest BCUT2D eigenvalue weighted by molar-refractivity contribution is -0.134. The van der Waals surface area contributed by atoms with Crippen molar-refractivity contribution in [2.45, 2.75) is 44.9 Å². The second-order valence-electron chi connectivity index (χ2n) is 7.43. The fourth-order valence-corrected chi connectivity index (χ4v) is 4.64. The Labute approximate surface area is 197 Å². The van der Waals surface area contributed by atoms with E-state index in [0.29, 0.717) is 45.5 Å². The molecule has 0 aliphatic carbocycles. The zero-order chi connectivity index (χ0) is 22.6. The molecule has 0 saturated heterocycles. The van der Waals surface area contributed by atoms with Gasteiger partial charge in [-0.05, 0) is 47.7 Å². The predicted octanol–water partition coefficient (Wildman–Crippen LogP) is 4.76. The molecule has 0 spiro atoms. The van der Waals surface area contributed by atoms with E-state index in [9.17, 15) is 9.59 Å². The summed E-state index contributed by atoms with van der Waals surface area (Å²) in [5.41, 5.74) is 7.24. The molecule has 2 aromatic heterocycles. The minimum atomic E-state index is -0.568. The normalized spacial score (nSPS) is 11.7. The first-order valence-electron chi connectivity index (χ1n) is 10.7. The molecule has 2 amide bonds. The van der Waals surface area contributed by atoms with Gasteiger partial charge < -0.3 is 20.7 Å². The third-order valence-corrected chi connectivity index (χ3v) is 6.63. The molecule has 0 bridgehead atoms. The number of amides is 2. The molecule has 170 valence electrons. The highest BCUT2D eigenvalue weighted by Crippen LogP contribution is 2.18. The third kappa shape index (κ3) is 8.11. The molecule has 3 aromatic rings. The van der Waals surface area contributed by atoms with Crippen LogP contribution in [0.5, 0.6) is 0 Å². The molecule has 1 aromatic carbocycles. The van der Waals surface area contributed by atoms with E-state index in [0.717, 1.165) is 15.3 Å². The Morgan fingerprint density at radius 2 is 1.59 bits per heavy atom. The number of nitrogens with one attached hydrogen (secondary N) is 1. The number of nitrogens with two attached hydrogens (primary N) is 1. The number of carbonyl (C=O) groups excluding carboxylic acids is 2. The first-order chi connectivity index (χ1) is 15.6. The minimum Gasteiger partial charge on any atom is -0.450 e. The highest BCUT2D eigenvalue weighted by molar-refractivity contribution is 7.10. The van der Waals surface area contributed by atoms with Crippen LogP contribution in [0.4, 0.5) is 4.79 Å². The smallest absolute Gasteiger partial charge is 0.407 e. The molecular weight excluding hydrogens is 442 g/mol. The van der Waals surface area contributed by atoms with Gasteiger partial charge in [0.2, 0.25) is 5.91 Å². The van der Waals surface area contributed by atoms with Gasteiger partial charge in [0.25, 0.3) is 0 Å². The van der Waals surface area contributed by atoms with Crippen LogP contribution in [0.1, 0.15) is 34.6 Å². The minimum absolute atomic E-state index is 0.0478. The van der Waals surface area contributed by atoms with Gasteiger partial charge in [-0.2, -0.15) is 0 Å². The van der Waals surface area contributed by atoms with Gasteiger partial charge in [0.15, 0.2) is 0 Å². The standard InChI is InChI=1S/C24H29N3O3S2/c25-22(12-4-5-13-30-24(29)26-16-19-8-2-1-3-9-19)23(28)27(17-20-10-6-14-31-20)18-21-11-7-15-32-21/h1-3,6-11,14-15,22H,4-5,12-13,16-18,25H2,(H,26,29)/t22-/m0/s1. The van der Waals surface area contributed by atoms with Gasteiger partial charge in [-0.1, -0.05) is 42.5 Å². The van der Waals surface area contributed by atoms with Gasteiger partial charge >= 0.3 is 6.09 Å². The summed E-state index contributed by atoms with van der Waals surface area (Å²) in [6.45, 7) is 1.86. The van der Waals surface area contributed by atoms with Gasteiger partial charge in [0, 0.05) is 16.3 Å². The van der Waals surface area contributed by atoms with Crippen molar-refractivity contribution < 1.29 is 14.3 Å². The Morgan fingerprint density at radius 3 is 2.19 bits per heavy atom. The fourth-order valence-electron chi connectivity index (χ4n) is 3.20. The first-order valence-corrected chi connectivity index (χ1v) is 12.4. The SMILES string of the molecule is N[C@@H](CCCCOC(=O)NCc1ccccc1)C(=O)N(Cc1cccs1)Cc1cccs1. The molecule has 2 heterocycles. The molecule has 32 heavy (non-hydrogen) atoms. The Hall–Kier alpha value is -2.68. The van der Waals surface area contributed by atoms with Crippen molar-refractivity contribution >= 4 is 34.7 Å². The zero-order valence-corrected chi connectivity index (χ0v) is 19.6. The summed E-state index contributed by atoms with van der Waals surface area (Å²) in [6.07, 6.45) is 1.49. The Balaban J connectivity index is 1.37. The number of hydrogen-bond donors (Lipinski definition) is 2. The van der Waals surface area contributed by atoms with Gasteiger partial charge in [0.05, 0.1) is 25.7 Å². The summed E-state index contributed by atoms with van der Waals surface area (Å²) in [5.74, 6) is -0.0478. The molecular formula is C24H29N3O3S2. The molecule has 0 aliphatic rings. The van der Waals surface area contributed by atoms with Crippen molar-refractivity contribution in [2.75, 3.05) is 6.61 Å². The van der Waals surface area contributed by atoms with E-state index in [1.807, 2.05) is 70.3 Å². The summed E-state index contributed by atoms with van der Waals surface area (Å²) in [7, 11) is 0. The van der Waals surface area contributed by atoms with Gasteiger partial charge in [-0.3, -0.25) is 4.79 Å². The molecule has 0 aliphatic heterocycles. The summed E-state index contributed by atoms with van der Waals surface area (Å²) in [5, 5.41) is 6.75. The van der Waals surface area contributed by atoms with Crippen LogP contribution < -0.4 is 11.1 Å². The number of ether oxygens (including phenoxy) is 1. The Morgan fingerprint density at radius 1 is 0.938 bits per heavy atom. The van der Waals surface area contributed by atoms with Crippen molar-refractivity contribution in [3.8, 4) is 0 Å². The summed E-state index contributed by atoms with van der Waals surface area (Å²) in [4.78, 5) is 28.9. The van der Waals surface area contributed by atoms with E-state index >= 15 is 0 Å². The maximum absolute atomic E-state index is 13.0. The van der Waals surface area contributed by atoms with Crippen LogP contribution in [0.3, 0.4) is 0 Å². The molecule has 3 N–H and O–H groups in total. The number of thiophene rings is 2. The van der Waals surface area contributed by atoms with E-state index in [1.165, 1.54) is 0 Å². The summed E-state index contributed by atoms with van der Waals surface area (Å²) in [6, 6.07) is 17.1. The molecule has 3 rings (SSSR count). The molecule has 0 unspecified atom stereocenters. The average Bonchev–Trinajstić information content (AvgIpc) is 3.51. The maximum Gasteiger partial charge on any atom is 0.407 e. The van der Waals surface area contributed by atoms with Gasteiger partial charge in [0.1, 0.15) is 0 Å². The average molecular weight is 472 g/mol. The van der Waals surface area contributed by atoms with E-state index in [4.69, 9.17) is 10.5 Å². The van der Waals surface area contributed by atoms with Crippen LogP contribution in [0.25, 0.3) is 0 Å². The van der Waals surface area contributed by atoms with E-state index in [-0.39, 0.29) is 5.91 Å². The lowest BCUT2D eigenvalue weighted by Crippen LogP contribution is -2.42. The van der Waals surface area contributed by atoms with Crippen LogP contribution in [-0.4, -0.2) is 29.5 Å². The third-order valence-electron chi connectivity index (χ3n) is 4.90. The van der Waals surface area contributed by atoms with Crippen molar-refractivity contribution in [1.29, 1.82) is 0 Å². The zero-order valence-electron chi connectivity index (χ0n) is 17.9. The Bertz CT molecular complexity index is 895. The molecule has 0 saturated carbocycles. The second-order valence-corrected chi connectivity index (χ2v) is 9.49. The number of rotatable bonds is 12. The summed E-state index contributed by atoms with van der Waals surface area (Å²) < 4.78 is 5.21. The highest BCUT2D eigenvalue weighted by Gasteiger charge is 2.22. The van der Waals surface area contributed by atoms with Gasteiger partial charge in [-0.15, -0.1) is 22.7 Å². The van der Waals surface area contributed by atoms with Crippen LogP contribution in [0.2, 0.25) is 0 Å². The van der Waals surface area contributed by atoms with Crippen LogP contribution >= 0.6 is 22.7 Å². The molecule has 0 fully saturated rings. The van der Waals surface area contributed by atoms with Crippen molar-refractivity contribution in [1.82, 2.24) is 10.2 Å². The number of hydrogen-bond acceptors (Lipinski definition) is 6. The number of nitrogens with zero attached hydrogens (tertiary/aromatic N) is 1. The molecule has 1 atom stereocenters. The lowest BCUT2D eigenvalue weighted by Gasteiger charge is -2.25. The number of carbonyl (C=O) groups is 2. The van der Waals surface area contributed by atoms with E-state index in [1.54, 1.807) is 22.7 Å². The highest BCUT2D eigenvalue weighted by atomic mass is 32.1. The van der Waals surface area contributed by atoms with Crippen LogP contribution in [0.15, 0.2) is 65.4 Å². The van der Waals surface area contributed by atoms with Crippen LogP contribution in [0, 0.1) is 0 Å². The summed E-state index contributed by atoms with van der Waals surface area (Å²) >= 11 is 3.27. The topological polar surface area (TPSA) is 84.7 Å². The fraction of sp³-hybridized carbons (Fsp3) is 0.333. The quantitative estimate of drug-likeness (QED) is 0.373. The van der Waals surface area contributed by atoms with Crippen molar-refractivity contribution in [3.63, 3.8) is 0 Å². The predicted molar refractivity (Wildman–Crippen MR) is 129 cm³/mol. The van der Waals surface area contributed by atoms with Crippen molar-refractivity contribution in [2.24, 2.45) is 5.73 Å². The van der Waals surface area contributed by atoms with E-state index in [2.05, 4.69) is 5.32 Å². The molecule has 0 radical (unpaired) electrons. The first kappa shape index (κ1) is 24.0. The number of unbranched alkanes of at least 4 members (excludes halogenated alkanes) is 1. The Kier molecular flexibility index (Phi) is 9.74. The van der Waals surface area contributed by atoms with Gasteiger partial charge in [-0.25, -0.2) is 4.79 Å². The monoisotopic (exact) mass is 471 g/mol. The van der Waals surface area contributed by atoms with Crippen LogP contribution in [-0.2, 0) is 29.2 Å². The molecule has 6 nitrogen and oxygen atoms in total. The lowest BCUT2D eigenvalue weighted by atomic mass is 10.1. The maximum atomic E-state index is 13.0. The number of alkyl carbamates (subject to hydrolysis) is 1. The second kappa shape index (κ2) is 13.0. The number of benzene rings is 1. The van der Waals surface area contributed by atoms with E-state index < -0.39 is 12.1 Å².